The topological polar surface area (TPSA) is 30.5 Å². The standard InChI is InChI=1S/C14H20BrNO2/c1-14(2,3)13(16-4)9-7-11-12(8-10(9)15)18-6-5-17-11/h7-8,13,16H,5-6H2,1-4H3. The molecule has 1 atom stereocenters. The van der Waals surface area contributed by atoms with Gasteiger partial charge in [0.1, 0.15) is 13.2 Å². The van der Waals surface area contributed by atoms with Crippen molar-refractivity contribution >= 4 is 15.9 Å². The van der Waals surface area contributed by atoms with Crippen LogP contribution in [0.25, 0.3) is 0 Å². The maximum atomic E-state index is 5.65. The number of benzene rings is 1. The average Bonchev–Trinajstić information content (AvgIpc) is 2.29. The number of hydrogen-bond acceptors (Lipinski definition) is 3. The van der Waals surface area contributed by atoms with Crippen LogP contribution in [-0.4, -0.2) is 20.3 Å². The molecule has 1 unspecified atom stereocenters. The molecule has 1 N–H and O–H groups in total. The molecule has 0 radical (unpaired) electrons. The van der Waals surface area contributed by atoms with Crippen LogP contribution < -0.4 is 14.8 Å². The van der Waals surface area contributed by atoms with Gasteiger partial charge in [0.05, 0.1) is 0 Å². The summed E-state index contributed by atoms with van der Waals surface area (Å²) in [6.07, 6.45) is 0. The van der Waals surface area contributed by atoms with E-state index in [9.17, 15) is 0 Å². The Balaban J connectivity index is 2.44. The summed E-state index contributed by atoms with van der Waals surface area (Å²) < 4.78 is 12.3. The fraction of sp³-hybridized carbons (Fsp3) is 0.571. The molecule has 1 aromatic rings. The molecule has 1 aromatic carbocycles. The predicted molar refractivity (Wildman–Crippen MR) is 76.4 cm³/mol. The lowest BCUT2D eigenvalue weighted by Gasteiger charge is -2.32. The first-order valence-electron chi connectivity index (χ1n) is 6.20. The highest BCUT2D eigenvalue weighted by Gasteiger charge is 2.28. The summed E-state index contributed by atoms with van der Waals surface area (Å²) >= 11 is 3.63. The Bertz CT molecular complexity index is 440. The van der Waals surface area contributed by atoms with Gasteiger partial charge in [0, 0.05) is 10.5 Å². The van der Waals surface area contributed by atoms with E-state index in [1.165, 1.54) is 5.56 Å². The Hall–Kier alpha value is -0.740. The smallest absolute Gasteiger partial charge is 0.162 e. The normalized spacial score (nSPS) is 16.5. The van der Waals surface area contributed by atoms with Crippen molar-refractivity contribution in [2.24, 2.45) is 5.41 Å². The van der Waals surface area contributed by atoms with Gasteiger partial charge < -0.3 is 14.8 Å². The number of halogens is 1. The van der Waals surface area contributed by atoms with Crippen LogP contribution >= 0.6 is 15.9 Å². The minimum absolute atomic E-state index is 0.126. The fourth-order valence-electron chi connectivity index (χ4n) is 2.36. The summed E-state index contributed by atoms with van der Waals surface area (Å²) in [5, 5.41) is 3.38. The first kappa shape index (κ1) is 13.7. The zero-order chi connectivity index (χ0) is 13.3. The Morgan fingerprint density at radius 2 is 1.72 bits per heavy atom. The summed E-state index contributed by atoms with van der Waals surface area (Å²) in [6, 6.07) is 4.33. The summed E-state index contributed by atoms with van der Waals surface area (Å²) in [5.74, 6) is 1.66. The average molecular weight is 314 g/mol. The Morgan fingerprint density at radius 1 is 1.17 bits per heavy atom. The van der Waals surface area contributed by atoms with Crippen molar-refractivity contribution in [3.63, 3.8) is 0 Å². The minimum Gasteiger partial charge on any atom is -0.486 e. The summed E-state index contributed by atoms with van der Waals surface area (Å²) in [4.78, 5) is 0. The Morgan fingerprint density at radius 3 is 2.22 bits per heavy atom. The summed E-state index contributed by atoms with van der Waals surface area (Å²) in [7, 11) is 1.99. The maximum absolute atomic E-state index is 5.65. The van der Waals surface area contributed by atoms with E-state index in [2.05, 4.69) is 48.1 Å². The van der Waals surface area contributed by atoms with Crippen molar-refractivity contribution in [2.45, 2.75) is 26.8 Å². The van der Waals surface area contributed by atoms with Crippen molar-refractivity contribution in [1.82, 2.24) is 5.32 Å². The number of nitrogens with one attached hydrogen (secondary N) is 1. The largest absolute Gasteiger partial charge is 0.486 e. The van der Waals surface area contributed by atoms with Crippen molar-refractivity contribution in [3.8, 4) is 11.5 Å². The van der Waals surface area contributed by atoms with Gasteiger partial charge in [-0.25, -0.2) is 0 Å². The third-order valence-corrected chi connectivity index (χ3v) is 3.81. The molecule has 0 saturated carbocycles. The van der Waals surface area contributed by atoms with Gasteiger partial charge in [0.2, 0.25) is 0 Å². The van der Waals surface area contributed by atoms with Crippen LogP contribution in [0, 0.1) is 5.41 Å². The molecule has 1 aliphatic rings. The first-order valence-corrected chi connectivity index (χ1v) is 6.99. The molecule has 0 amide bonds. The molecule has 0 bridgehead atoms. The number of fused-ring (bicyclic) bond motifs is 1. The summed E-state index contributed by atoms with van der Waals surface area (Å²) in [5.41, 5.74) is 1.33. The van der Waals surface area contributed by atoms with Crippen LogP contribution in [0.4, 0.5) is 0 Å². The van der Waals surface area contributed by atoms with Crippen LogP contribution in [0.1, 0.15) is 32.4 Å². The molecule has 0 saturated heterocycles. The quantitative estimate of drug-likeness (QED) is 0.906. The molecule has 4 heteroatoms. The molecule has 18 heavy (non-hydrogen) atoms. The van der Waals surface area contributed by atoms with Crippen LogP contribution in [-0.2, 0) is 0 Å². The number of ether oxygens (including phenoxy) is 2. The Labute approximate surface area is 117 Å². The van der Waals surface area contributed by atoms with Gasteiger partial charge in [-0.3, -0.25) is 0 Å². The van der Waals surface area contributed by atoms with E-state index in [4.69, 9.17) is 9.47 Å². The Kier molecular flexibility index (Phi) is 3.87. The van der Waals surface area contributed by atoms with Gasteiger partial charge >= 0.3 is 0 Å². The molecule has 2 rings (SSSR count). The van der Waals surface area contributed by atoms with E-state index in [1.54, 1.807) is 0 Å². The number of rotatable bonds is 2. The highest BCUT2D eigenvalue weighted by molar-refractivity contribution is 9.10. The van der Waals surface area contributed by atoms with E-state index >= 15 is 0 Å². The number of hydrogen-bond donors (Lipinski definition) is 1. The molecule has 0 fully saturated rings. The minimum atomic E-state index is 0.126. The van der Waals surface area contributed by atoms with Crippen molar-refractivity contribution < 1.29 is 9.47 Å². The predicted octanol–water partition coefficient (Wildman–Crippen LogP) is 3.53. The van der Waals surface area contributed by atoms with E-state index in [0.717, 1.165) is 16.0 Å². The monoisotopic (exact) mass is 313 g/mol. The van der Waals surface area contributed by atoms with E-state index in [1.807, 2.05) is 13.1 Å². The van der Waals surface area contributed by atoms with Gasteiger partial charge in [-0.15, -0.1) is 0 Å². The van der Waals surface area contributed by atoms with Gasteiger partial charge in [-0.05, 0) is 30.2 Å². The lowest BCUT2D eigenvalue weighted by molar-refractivity contribution is 0.170. The zero-order valence-corrected chi connectivity index (χ0v) is 12.9. The van der Waals surface area contributed by atoms with Gasteiger partial charge in [0.25, 0.3) is 0 Å². The molecule has 0 spiro atoms. The highest BCUT2D eigenvalue weighted by atomic mass is 79.9. The summed E-state index contributed by atoms with van der Waals surface area (Å²) in [6.45, 7) is 7.90. The van der Waals surface area contributed by atoms with Gasteiger partial charge in [-0.1, -0.05) is 36.7 Å². The molecule has 100 valence electrons. The molecule has 1 heterocycles. The first-order chi connectivity index (χ1) is 8.43. The van der Waals surface area contributed by atoms with E-state index in [-0.39, 0.29) is 11.5 Å². The fourth-order valence-corrected chi connectivity index (χ4v) is 2.91. The lowest BCUT2D eigenvalue weighted by Crippen LogP contribution is -2.30. The third kappa shape index (κ3) is 2.64. The van der Waals surface area contributed by atoms with Crippen LogP contribution in [0.2, 0.25) is 0 Å². The van der Waals surface area contributed by atoms with Crippen LogP contribution in [0.3, 0.4) is 0 Å². The third-order valence-electron chi connectivity index (χ3n) is 3.13. The maximum Gasteiger partial charge on any atom is 0.162 e. The lowest BCUT2D eigenvalue weighted by atomic mass is 9.82. The second kappa shape index (κ2) is 5.10. The van der Waals surface area contributed by atoms with Crippen molar-refractivity contribution in [1.29, 1.82) is 0 Å². The second-order valence-corrected chi connectivity index (χ2v) is 6.46. The zero-order valence-electron chi connectivity index (χ0n) is 11.3. The van der Waals surface area contributed by atoms with E-state index < -0.39 is 0 Å². The molecule has 1 aliphatic heterocycles. The highest BCUT2D eigenvalue weighted by Crippen LogP contribution is 2.42. The molecular formula is C14H20BrNO2. The van der Waals surface area contributed by atoms with Crippen LogP contribution in [0.15, 0.2) is 16.6 Å². The van der Waals surface area contributed by atoms with E-state index in [0.29, 0.717) is 13.2 Å². The molecule has 0 aromatic heterocycles. The van der Waals surface area contributed by atoms with Crippen LogP contribution in [0.5, 0.6) is 11.5 Å². The molecule has 0 aliphatic carbocycles. The second-order valence-electron chi connectivity index (χ2n) is 5.61. The molecular weight excluding hydrogens is 294 g/mol. The van der Waals surface area contributed by atoms with Crippen molar-refractivity contribution in [3.05, 3.63) is 22.2 Å². The SMILES string of the molecule is CNC(c1cc2c(cc1Br)OCCO2)C(C)(C)C. The van der Waals surface area contributed by atoms with Gasteiger partial charge in [-0.2, -0.15) is 0 Å². The molecule has 3 nitrogen and oxygen atoms in total. The van der Waals surface area contributed by atoms with Crippen molar-refractivity contribution in [2.75, 3.05) is 20.3 Å². The van der Waals surface area contributed by atoms with Gasteiger partial charge in [0.15, 0.2) is 11.5 Å².